The Hall–Kier alpha value is -2.56. The lowest BCUT2D eigenvalue weighted by molar-refractivity contribution is -0.157. The van der Waals surface area contributed by atoms with E-state index in [2.05, 4.69) is 34.6 Å². The molecule has 0 amide bonds. The lowest BCUT2D eigenvalue weighted by atomic mass is 9.69. The van der Waals surface area contributed by atoms with Crippen molar-refractivity contribution in [1.82, 2.24) is 4.98 Å². The first-order valence-corrected chi connectivity index (χ1v) is 9.06. The molecule has 5 rings (SSSR count). The van der Waals surface area contributed by atoms with Crippen LogP contribution in [0.4, 0.5) is 5.69 Å². The van der Waals surface area contributed by atoms with E-state index in [1.54, 1.807) is 13.3 Å². The van der Waals surface area contributed by atoms with Gasteiger partial charge in [0.15, 0.2) is 0 Å². The fraction of sp³-hybridized carbons (Fsp3) is 0.429. The number of esters is 1. The number of fused-ring (bicyclic) bond motifs is 1. The summed E-state index contributed by atoms with van der Waals surface area (Å²) in [6.07, 6.45) is 4.68. The van der Waals surface area contributed by atoms with Gasteiger partial charge in [-0.15, -0.1) is 0 Å². The SMILES string of the molecule is COC(=O)C12CC(CNc3cccc(-c4ccnc(OC)c4)c3)C(C1)C2. The molecule has 1 unspecified atom stereocenters. The van der Waals surface area contributed by atoms with Gasteiger partial charge in [0, 0.05) is 24.5 Å². The van der Waals surface area contributed by atoms with E-state index in [-0.39, 0.29) is 11.4 Å². The second kappa shape index (κ2) is 6.63. The number of pyridine rings is 1. The monoisotopic (exact) mass is 352 g/mol. The average molecular weight is 352 g/mol. The van der Waals surface area contributed by atoms with Crippen molar-refractivity contribution < 1.29 is 14.3 Å². The van der Waals surface area contributed by atoms with E-state index < -0.39 is 0 Å². The summed E-state index contributed by atoms with van der Waals surface area (Å²) < 4.78 is 10.2. The van der Waals surface area contributed by atoms with E-state index in [0.717, 1.165) is 42.6 Å². The first kappa shape index (κ1) is 16.9. The molecular formula is C21H24N2O3. The maximum Gasteiger partial charge on any atom is 0.311 e. The number of anilines is 1. The maximum atomic E-state index is 12.0. The van der Waals surface area contributed by atoms with Crippen molar-refractivity contribution in [1.29, 1.82) is 0 Å². The minimum absolute atomic E-state index is 0.0233. The number of aromatic nitrogens is 1. The Morgan fingerprint density at radius 1 is 1.19 bits per heavy atom. The average Bonchev–Trinajstić information content (AvgIpc) is 3.22. The molecule has 0 saturated heterocycles. The molecule has 136 valence electrons. The Kier molecular flexibility index (Phi) is 4.31. The highest BCUT2D eigenvalue weighted by atomic mass is 16.5. The van der Waals surface area contributed by atoms with Crippen LogP contribution in [0.5, 0.6) is 5.88 Å². The maximum absolute atomic E-state index is 12.0. The van der Waals surface area contributed by atoms with Crippen LogP contribution in [0, 0.1) is 17.3 Å². The van der Waals surface area contributed by atoms with Gasteiger partial charge in [-0.2, -0.15) is 0 Å². The van der Waals surface area contributed by atoms with Gasteiger partial charge in [-0.3, -0.25) is 4.79 Å². The van der Waals surface area contributed by atoms with Crippen LogP contribution in [0.15, 0.2) is 42.6 Å². The van der Waals surface area contributed by atoms with Crippen molar-refractivity contribution in [2.45, 2.75) is 19.3 Å². The molecule has 2 bridgehead atoms. The lowest BCUT2D eigenvalue weighted by Crippen LogP contribution is -2.37. The first-order chi connectivity index (χ1) is 12.6. The van der Waals surface area contributed by atoms with E-state index >= 15 is 0 Å². The predicted molar refractivity (Wildman–Crippen MR) is 100.0 cm³/mol. The number of rotatable bonds is 6. The van der Waals surface area contributed by atoms with Crippen LogP contribution in [-0.2, 0) is 9.53 Å². The molecule has 1 heterocycles. The molecular weight excluding hydrogens is 328 g/mol. The summed E-state index contributed by atoms with van der Waals surface area (Å²) in [6.45, 7) is 0.895. The highest BCUT2D eigenvalue weighted by molar-refractivity contribution is 5.79. The van der Waals surface area contributed by atoms with E-state index in [0.29, 0.717) is 17.7 Å². The highest BCUT2D eigenvalue weighted by Crippen LogP contribution is 2.62. The van der Waals surface area contributed by atoms with Crippen molar-refractivity contribution in [3.8, 4) is 17.0 Å². The fourth-order valence-corrected chi connectivity index (χ4v) is 4.58. The minimum atomic E-state index is -0.193. The van der Waals surface area contributed by atoms with Crippen molar-refractivity contribution >= 4 is 11.7 Å². The van der Waals surface area contributed by atoms with E-state index in [4.69, 9.17) is 9.47 Å². The van der Waals surface area contributed by atoms with Gasteiger partial charge in [-0.1, -0.05) is 12.1 Å². The topological polar surface area (TPSA) is 60.5 Å². The fourth-order valence-electron chi connectivity index (χ4n) is 4.58. The Balaban J connectivity index is 1.42. The predicted octanol–water partition coefficient (Wildman–Crippen LogP) is 3.76. The van der Waals surface area contributed by atoms with Gasteiger partial charge in [-0.05, 0) is 60.4 Å². The van der Waals surface area contributed by atoms with Gasteiger partial charge in [0.05, 0.1) is 19.6 Å². The molecule has 1 atom stereocenters. The lowest BCUT2D eigenvalue weighted by Gasteiger charge is -2.35. The third-order valence-electron chi connectivity index (χ3n) is 5.95. The number of carbonyl (C=O) groups excluding carboxylic acids is 1. The summed E-state index contributed by atoms with van der Waals surface area (Å²) >= 11 is 0. The van der Waals surface area contributed by atoms with Gasteiger partial charge in [0.2, 0.25) is 5.88 Å². The van der Waals surface area contributed by atoms with Crippen LogP contribution < -0.4 is 10.1 Å². The highest BCUT2D eigenvalue weighted by Gasteiger charge is 2.60. The minimum Gasteiger partial charge on any atom is -0.481 e. The molecule has 3 aliphatic rings. The Morgan fingerprint density at radius 3 is 2.77 bits per heavy atom. The van der Waals surface area contributed by atoms with Crippen LogP contribution in [0.2, 0.25) is 0 Å². The molecule has 3 saturated carbocycles. The quantitative estimate of drug-likeness (QED) is 0.802. The molecule has 26 heavy (non-hydrogen) atoms. The third kappa shape index (κ3) is 2.91. The molecule has 2 aromatic rings. The summed E-state index contributed by atoms with van der Waals surface area (Å²) in [6, 6.07) is 12.3. The van der Waals surface area contributed by atoms with Crippen molar-refractivity contribution in [2.75, 3.05) is 26.1 Å². The van der Waals surface area contributed by atoms with E-state index in [9.17, 15) is 4.79 Å². The number of nitrogens with one attached hydrogen (secondary N) is 1. The summed E-state index contributed by atoms with van der Waals surface area (Å²) in [5, 5.41) is 3.56. The molecule has 0 radical (unpaired) electrons. The first-order valence-electron chi connectivity index (χ1n) is 9.06. The third-order valence-corrected chi connectivity index (χ3v) is 5.95. The number of methoxy groups -OCH3 is 2. The molecule has 3 fully saturated rings. The summed E-state index contributed by atoms with van der Waals surface area (Å²) in [5.41, 5.74) is 3.10. The number of benzene rings is 1. The van der Waals surface area contributed by atoms with Crippen LogP contribution in [0.3, 0.4) is 0 Å². The molecule has 1 N–H and O–H groups in total. The van der Waals surface area contributed by atoms with Gasteiger partial charge in [-0.25, -0.2) is 4.98 Å². The van der Waals surface area contributed by atoms with Crippen LogP contribution in [0.25, 0.3) is 11.1 Å². The van der Waals surface area contributed by atoms with Crippen LogP contribution in [-0.4, -0.2) is 31.7 Å². The smallest absolute Gasteiger partial charge is 0.311 e. The summed E-state index contributed by atoms with van der Waals surface area (Å²) in [5.74, 6) is 1.78. The molecule has 3 aliphatic carbocycles. The molecule has 1 aromatic carbocycles. The van der Waals surface area contributed by atoms with E-state index in [1.807, 2.05) is 12.1 Å². The molecule has 0 spiro atoms. The van der Waals surface area contributed by atoms with Crippen LogP contribution >= 0.6 is 0 Å². The molecule has 5 heteroatoms. The Labute approximate surface area is 153 Å². The van der Waals surface area contributed by atoms with Gasteiger partial charge in [0.25, 0.3) is 0 Å². The zero-order valence-corrected chi connectivity index (χ0v) is 15.2. The van der Waals surface area contributed by atoms with Crippen molar-refractivity contribution in [3.63, 3.8) is 0 Å². The number of hydrogen-bond acceptors (Lipinski definition) is 5. The normalized spacial score (nSPS) is 26.1. The zero-order valence-electron chi connectivity index (χ0n) is 15.2. The Morgan fingerprint density at radius 2 is 2.00 bits per heavy atom. The van der Waals surface area contributed by atoms with E-state index in [1.165, 1.54) is 7.11 Å². The van der Waals surface area contributed by atoms with Gasteiger partial charge < -0.3 is 14.8 Å². The number of hydrogen-bond donors (Lipinski definition) is 1. The summed E-state index contributed by atoms with van der Waals surface area (Å²) in [7, 11) is 3.12. The number of carbonyl (C=O) groups is 1. The molecule has 5 nitrogen and oxygen atoms in total. The van der Waals surface area contributed by atoms with Gasteiger partial charge in [0.1, 0.15) is 0 Å². The largest absolute Gasteiger partial charge is 0.481 e. The van der Waals surface area contributed by atoms with Crippen molar-refractivity contribution in [2.24, 2.45) is 17.3 Å². The van der Waals surface area contributed by atoms with Gasteiger partial charge >= 0.3 is 5.97 Å². The standard InChI is InChI=1S/C21H24N2O3/c1-25-19-9-15(6-7-22-19)14-4-3-5-18(8-14)23-13-17-12-21(20(24)26-2)10-16(17)11-21/h3-9,16-17,23H,10-13H2,1-2H3. The second-order valence-corrected chi connectivity index (χ2v) is 7.45. The number of nitrogens with zero attached hydrogens (tertiary/aromatic N) is 1. The summed E-state index contributed by atoms with van der Waals surface area (Å²) in [4.78, 5) is 16.1. The molecule has 1 aromatic heterocycles. The van der Waals surface area contributed by atoms with Crippen LogP contribution in [0.1, 0.15) is 19.3 Å². The number of ether oxygens (including phenoxy) is 2. The van der Waals surface area contributed by atoms with Crippen molar-refractivity contribution in [3.05, 3.63) is 42.6 Å². The Bertz CT molecular complexity index is 814. The zero-order chi connectivity index (χ0) is 18.1. The molecule has 0 aliphatic heterocycles. The second-order valence-electron chi connectivity index (χ2n) is 7.45.